The number of benzene rings is 2. The molecule has 1 atom stereocenters. The fourth-order valence-electron chi connectivity index (χ4n) is 3.15. The van der Waals surface area contributed by atoms with E-state index >= 15 is 0 Å². The Labute approximate surface area is 174 Å². The third-order valence-corrected chi connectivity index (χ3v) is 7.14. The summed E-state index contributed by atoms with van der Waals surface area (Å²) in [6.45, 7) is 10.8. The molecule has 0 radical (unpaired) electrons. The summed E-state index contributed by atoms with van der Waals surface area (Å²) in [5, 5.41) is 4.90. The molecule has 0 spiro atoms. The fourth-order valence-corrected chi connectivity index (χ4v) is 4.61. The van der Waals surface area contributed by atoms with Crippen LogP contribution < -0.4 is 10.6 Å². The van der Waals surface area contributed by atoms with E-state index in [2.05, 4.69) is 5.32 Å². The molecule has 0 saturated heterocycles. The van der Waals surface area contributed by atoms with Crippen molar-refractivity contribution in [1.82, 2.24) is 4.31 Å². The Balaban J connectivity index is 1.98. The van der Waals surface area contributed by atoms with Crippen molar-refractivity contribution in [3.8, 4) is 0 Å². The lowest BCUT2D eigenvalue weighted by Crippen LogP contribution is -2.86. The summed E-state index contributed by atoms with van der Waals surface area (Å²) >= 11 is 0. The van der Waals surface area contributed by atoms with Crippen LogP contribution in [0, 0.1) is 13.8 Å². The van der Waals surface area contributed by atoms with Crippen LogP contribution in [0.1, 0.15) is 43.5 Å². The third-order valence-electron chi connectivity index (χ3n) is 5.07. The molecule has 2 aromatic rings. The normalized spacial score (nSPS) is 12.8. The first-order chi connectivity index (χ1) is 13.7. The van der Waals surface area contributed by atoms with Crippen molar-refractivity contribution in [2.24, 2.45) is 0 Å². The highest BCUT2D eigenvalue weighted by atomic mass is 32.2. The lowest BCUT2D eigenvalue weighted by Gasteiger charge is -2.19. The molecule has 2 rings (SSSR count). The van der Waals surface area contributed by atoms with Crippen LogP contribution >= 0.6 is 0 Å². The molecule has 0 fully saturated rings. The van der Waals surface area contributed by atoms with Gasteiger partial charge in [-0.3, -0.25) is 4.79 Å². The Morgan fingerprint density at radius 3 is 2.28 bits per heavy atom. The molecule has 29 heavy (non-hydrogen) atoms. The lowest BCUT2D eigenvalue weighted by atomic mass is 10.1. The van der Waals surface area contributed by atoms with Crippen LogP contribution in [0.5, 0.6) is 0 Å². The van der Waals surface area contributed by atoms with Gasteiger partial charge in [0, 0.05) is 24.3 Å². The van der Waals surface area contributed by atoms with Gasteiger partial charge in [-0.25, -0.2) is 8.42 Å². The van der Waals surface area contributed by atoms with Gasteiger partial charge in [-0.15, -0.1) is 0 Å². The van der Waals surface area contributed by atoms with Crippen LogP contribution in [0.25, 0.3) is 0 Å². The smallest absolute Gasteiger partial charge is 0.279 e. The van der Waals surface area contributed by atoms with E-state index in [-0.39, 0.29) is 18.5 Å². The van der Waals surface area contributed by atoms with Gasteiger partial charge in [-0.2, -0.15) is 4.31 Å². The highest BCUT2D eigenvalue weighted by Crippen LogP contribution is 2.18. The number of hydrogen-bond donors (Lipinski definition) is 2. The highest BCUT2D eigenvalue weighted by molar-refractivity contribution is 7.89. The molecule has 0 aliphatic carbocycles. The van der Waals surface area contributed by atoms with Crippen molar-refractivity contribution in [3.05, 3.63) is 59.2 Å². The number of carbonyl (C=O) groups is 1. The molecule has 0 aliphatic heterocycles. The van der Waals surface area contributed by atoms with E-state index in [0.29, 0.717) is 18.0 Å². The van der Waals surface area contributed by atoms with Gasteiger partial charge < -0.3 is 10.6 Å². The molecule has 0 heterocycles. The van der Waals surface area contributed by atoms with Gasteiger partial charge >= 0.3 is 0 Å². The van der Waals surface area contributed by atoms with E-state index in [1.165, 1.54) is 4.31 Å². The lowest BCUT2D eigenvalue weighted by molar-refractivity contribution is -0.682. The average Bonchev–Trinajstić information content (AvgIpc) is 2.69. The minimum Gasteiger partial charge on any atom is -0.333 e. The van der Waals surface area contributed by atoms with Gasteiger partial charge in [0.05, 0.1) is 4.90 Å². The second-order valence-electron chi connectivity index (χ2n) is 7.25. The number of carbonyl (C=O) groups excluding carboxylic acids is 1. The van der Waals surface area contributed by atoms with Gasteiger partial charge in [0.2, 0.25) is 10.0 Å². The van der Waals surface area contributed by atoms with E-state index in [4.69, 9.17) is 0 Å². The number of nitrogens with zero attached hydrogens (tertiary/aromatic N) is 1. The van der Waals surface area contributed by atoms with Gasteiger partial charge in [-0.05, 0) is 50.1 Å². The van der Waals surface area contributed by atoms with E-state index in [1.807, 2.05) is 70.3 Å². The van der Waals surface area contributed by atoms with E-state index < -0.39 is 10.0 Å². The maximum atomic E-state index is 12.6. The van der Waals surface area contributed by atoms with E-state index in [1.54, 1.807) is 12.1 Å². The van der Waals surface area contributed by atoms with Crippen molar-refractivity contribution in [2.75, 3.05) is 25.0 Å². The molecular formula is C22H32N3O3S+. The fraction of sp³-hybridized carbons (Fsp3) is 0.409. The Morgan fingerprint density at radius 1 is 1.07 bits per heavy atom. The zero-order chi connectivity index (χ0) is 21.6. The highest BCUT2D eigenvalue weighted by Gasteiger charge is 2.22. The Morgan fingerprint density at radius 2 is 1.69 bits per heavy atom. The zero-order valence-corrected chi connectivity index (χ0v) is 18.7. The molecule has 0 bridgehead atoms. The number of anilines is 1. The molecule has 0 unspecified atom stereocenters. The SMILES string of the molecule is CCN(CC)S(=O)(=O)c1ccc([C@H](C)[NH2+]CC(=O)Nc2cc(C)ccc2C)cc1. The van der Waals surface area contributed by atoms with Crippen molar-refractivity contribution in [3.63, 3.8) is 0 Å². The van der Waals surface area contributed by atoms with Crippen molar-refractivity contribution in [2.45, 2.75) is 45.6 Å². The number of nitrogens with two attached hydrogens (primary N) is 1. The van der Waals surface area contributed by atoms with Crippen LogP contribution in [-0.4, -0.2) is 38.3 Å². The van der Waals surface area contributed by atoms with Crippen LogP contribution in [0.2, 0.25) is 0 Å². The van der Waals surface area contributed by atoms with Crippen molar-refractivity contribution >= 4 is 21.6 Å². The topological polar surface area (TPSA) is 83.1 Å². The van der Waals surface area contributed by atoms with Crippen molar-refractivity contribution < 1.29 is 18.5 Å². The Bertz CT molecular complexity index is 936. The minimum atomic E-state index is -3.45. The number of aryl methyl sites for hydroxylation is 2. The Kier molecular flexibility index (Phi) is 7.96. The standard InChI is InChI=1S/C22H31N3O3S/c1-6-25(7-2)29(27,28)20-12-10-19(11-13-20)18(5)23-15-22(26)24-21-14-16(3)8-9-17(21)4/h8-14,18,23H,6-7,15H2,1-5H3,(H,24,26)/p+1/t18-/m0/s1. The molecule has 2 aromatic carbocycles. The summed E-state index contributed by atoms with van der Waals surface area (Å²) in [4.78, 5) is 12.6. The largest absolute Gasteiger partial charge is 0.333 e. The maximum Gasteiger partial charge on any atom is 0.279 e. The van der Waals surface area contributed by atoms with Crippen LogP contribution in [0.3, 0.4) is 0 Å². The zero-order valence-electron chi connectivity index (χ0n) is 17.9. The summed E-state index contributed by atoms with van der Waals surface area (Å²) in [7, 11) is -3.45. The molecule has 0 aliphatic rings. The van der Waals surface area contributed by atoms with Crippen molar-refractivity contribution in [1.29, 1.82) is 0 Å². The summed E-state index contributed by atoms with van der Waals surface area (Å²) in [6.07, 6.45) is 0. The number of rotatable bonds is 9. The quantitative estimate of drug-likeness (QED) is 0.657. The molecule has 3 N–H and O–H groups in total. The first kappa shape index (κ1) is 23.1. The number of sulfonamides is 1. The van der Waals surface area contributed by atoms with Gasteiger partial charge in [0.1, 0.15) is 6.04 Å². The predicted molar refractivity (Wildman–Crippen MR) is 116 cm³/mol. The predicted octanol–water partition coefficient (Wildman–Crippen LogP) is 2.60. The second-order valence-corrected chi connectivity index (χ2v) is 9.19. The molecule has 7 heteroatoms. The average molecular weight is 419 g/mol. The second kappa shape index (κ2) is 10.0. The Hall–Kier alpha value is -2.22. The van der Waals surface area contributed by atoms with E-state index in [9.17, 15) is 13.2 Å². The molecule has 6 nitrogen and oxygen atoms in total. The third kappa shape index (κ3) is 5.88. The minimum absolute atomic E-state index is 0.0320. The number of amides is 1. The van der Waals surface area contributed by atoms with Crippen LogP contribution in [-0.2, 0) is 14.8 Å². The number of nitrogens with one attached hydrogen (secondary N) is 1. The monoisotopic (exact) mass is 418 g/mol. The van der Waals surface area contributed by atoms with E-state index in [0.717, 1.165) is 22.4 Å². The van der Waals surface area contributed by atoms with Crippen LogP contribution in [0.15, 0.2) is 47.4 Å². The summed E-state index contributed by atoms with van der Waals surface area (Å²) < 4.78 is 26.6. The van der Waals surface area contributed by atoms with Gasteiger partial charge in [0.25, 0.3) is 5.91 Å². The molecule has 0 aromatic heterocycles. The van der Waals surface area contributed by atoms with Gasteiger partial charge in [0.15, 0.2) is 6.54 Å². The molecule has 1 amide bonds. The first-order valence-corrected chi connectivity index (χ1v) is 11.4. The number of hydrogen-bond acceptors (Lipinski definition) is 3. The number of quaternary nitrogens is 1. The molecule has 0 saturated carbocycles. The van der Waals surface area contributed by atoms with Crippen LogP contribution in [0.4, 0.5) is 5.69 Å². The molecule has 158 valence electrons. The first-order valence-electron chi connectivity index (χ1n) is 9.99. The summed E-state index contributed by atoms with van der Waals surface area (Å²) in [6, 6.07) is 12.9. The maximum absolute atomic E-state index is 12.6. The van der Waals surface area contributed by atoms with Gasteiger partial charge in [-0.1, -0.05) is 38.1 Å². The molecular weight excluding hydrogens is 386 g/mol. The summed E-state index contributed by atoms with van der Waals surface area (Å²) in [5.74, 6) is -0.0636. The summed E-state index contributed by atoms with van der Waals surface area (Å²) in [5.41, 5.74) is 3.94.